The van der Waals surface area contributed by atoms with Crippen molar-refractivity contribution < 1.29 is 4.79 Å². The van der Waals surface area contributed by atoms with Gasteiger partial charge in [-0.3, -0.25) is 14.7 Å². The van der Waals surface area contributed by atoms with Crippen molar-refractivity contribution in [2.24, 2.45) is 0 Å². The molecule has 6 heteroatoms. The molecule has 2 aromatic carbocycles. The predicted molar refractivity (Wildman–Crippen MR) is 140 cm³/mol. The maximum absolute atomic E-state index is 13.4. The maximum atomic E-state index is 13.4. The first kappa shape index (κ1) is 23.5. The molecule has 0 saturated heterocycles. The third kappa shape index (κ3) is 6.01. The Hall–Kier alpha value is -2.70. The molecule has 0 aliphatic carbocycles. The van der Waals surface area contributed by atoms with E-state index in [1.165, 1.54) is 16.0 Å². The highest BCUT2D eigenvalue weighted by Gasteiger charge is 2.21. The highest BCUT2D eigenvalue weighted by Crippen LogP contribution is 2.34. The number of pyridine rings is 1. The van der Waals surface area contributed by atoms with Gasteiger partial charge < -0.3 is 0 Å². The molecule has 2 aromatic heterocycles. The molecule has 0 saturated carbocycles. The molecule has 1 amide bonds. The van der Waals surface area contributed by atoms with E-state index < -0.39 is 0 Å². The van der Waals surface area contributed by atoms with Gasteiger partial charge in [-0.05, 0) is 60.4 Å². The van der Waals surface area contributed by atoms with E-state index in [0.29, 0.717) is 18.9 Å². The molecular weight excluding hydrogens is 446 g/mol. The van der Waals surface area contributed by atoms with Crippen LogP contribution in [0.15, 0.2) is 71.9 Å². The van der Waals surface area contributed by atoms with Crippen LogP contribution >= 0.6 is 23.1 Å². The number of nitrogens with zero attached hydrogens (tertiary/aromatic N) is 3. The van der Waals surface area contributed by atoms with Crippen molar-refractivity contribution in [2.45, 2.75) is 51.0 Å². The summed E-state index contributed by atoms with van der Waals surface area (Å²) in [5.74, 6) is 1.39. The Kier molecular flexibility index (Phi) is 7.78. The Labute approximate surface area is 204 Å². The third-order valence-electron chi connectivity index (χ3n) is 5.48. The summed E-state index contributed by atoms with van der Waals surface area (Å²) in [7, 11) is 0. The van der Waals surface area contributed by atoms with Crippen molar-refractivity contribution in [1.82, 2.24) is 9.97 Å². The summed E-state index contributed by atoms with van der Waals surface area (Å²) in [6, 6.07) is 18.8. The number of hydrogen-bond donors (Lipinski definition) is 0. The SMILES string of the molecule is Cc1ccc(SCCCC(=O)N(Cc2cccnc2)c2nc3c(C(C)C)cccc3s2)cc1. The highest BCUT2D eigenvalue weighted by atomic mass is 32.2. The second kappa shape index (κ2) is 10.9. The fraction of sp³-hybridized carbons (Fsp3) is 0.296. The van der Waals surface area contributed by atoms with Crippen LogP contribution in [0.1, 0.15) is 49.3 Å². The number of aromatic nitrogens is 2. The predicted octanol–water partition coefficient (Wildman–Crippen LogP) is 7.23. The lowest BCUT2D eigenvalue weighted by atomic mass is 10.0. The number of amides is 1. The van der Waals surface area contributed by atoms with Gasteiger partial charge in [0, 0.05) is 23.7 Å². The summed E-state index contributed by atoms with van der Waals surface area (Å²) in [4.78, 5) is 25.6. The van der Waals surface area contributed by atoms with Gasteiger partial charge in [0.2, 0.25) is 5.91 Å². The van der Waals surface area contributed by atoms with Crippen LogP contribution in [-0.2, 0) is 11.3 Å². The zero-order valence-electron chi connectivity index (χ0n) is 19.3. The lowest BCUT2D eigenvalue weighted by molar-refractivity contribution is -0.118. The standard InChI is InChI=1S/C27H29N3OS2/c1-19(2)23-8-4-9-24-26(23)29-27(33-24)30(18-21-7-5-15-28-17-21)25(31)10-6-16-32-22-13-11-20(3)12-14-22/h4-5,7-9,11-15,17,19H,6,10,16,18H2,1-3H3. The number of benzene rings is 2. The number of thiazole rings is 1. The number of anilines is 1. The Morgan fingerprint density at radius 1 is 1.09 bits per heavy atom. The van der Waals surface area contributed by atoms with E-state index in [4.69, 9.17) is 4.98 Å². The summed E-state index contributed by atoms with van der Waals surface area (Å²) in [6.45, 7) is 6.93. The van der Waals surface area contributed by atoms with E-state index in [1.807, 2.05) is 23.2 Å². The molecule has 0 aliphatic rings. The molecule has 2 heterocycles. The van der Waals surface area contributed by atoms with Crippen LogP contribution in [0.5, 0.6) is 0 Å². The number of carbonyl (C=O) groups is 1. The van der Waals surface area contributed by atoms with Crippen LogP contribution in [0, 0.1) is 6.92 Å². The number of hydrogen-bond acceptors (Lipinski definition) is 5. The second-order valence-electron chi connectivity index (χ2n) is 8.45. The third-order valence-corrected chi connectivity index (χ3v) is 7.62. The molecular formula is C27H29N3OS2. The zero-order chi connectivity index (χ0) is 23.2. The smallest absolute Gasteiger partial charge is 0.229 e. The van der Waals surface area contributed by atoms with E-state index in [2.05, 4.69) is 68.2 Å². The van der Waals surface area contributed by atoms with Crippen molar-refractivity contribution in [2.75, 3.05) is 10.7 Å². The summed E-state index contributed by atoms with van der Waals surface area (Å²) in [6.07, 6.45) is 4.89. The first-order chi connectivity index (χ1) is 16.0. The Bertz CT molecular complexity index is 1200. The molecule has 0 fully saturated rings. The number of aryl methyl sites for hydroxylation is 1. The number of thioether (sulfide) groups is 1. The largest absolute Gasteiger partial charge is 0.284 e. The number of para-hydroxylation sites is 1. The maximum Gasteiger partial charge on any atom is 0.229 e. The van der Waals surface area contributed by atoms with Crippen molar-refractivity contribution in [3.05, 3.63) is 83.7 Å². The molecule has 0 N–H and O–H groups in total. The molecule has 33 heavy (non-hydrogen) atoms. The molecule has 0 spiro atoms. The van der Waals surface area contributed by atoms with Gasteiger partial charge in [0.1, 0.15) is 0 Å². The Balaban J connectivity index is 1.51. The van der Waals surface area contributed by atoms with Gasteiger partial charge in [0.15, 0.2) is 5.13 Å². The monoisotopic (exact) mass is 475 g/mol. The van der Waals surface area contributed by atoms with Crippen molar-refractivity contribution in [1.29, 1.82) is 0 Å². The van der Waals surface area contributed by atoms with Gasteiger partial charge in [-0.15, -0.1) is 11.8 Å². The molecule has 0 bridgehead atoms. The Morgan fingerprint density at radius 2 is 1.91 bits per heavy atom. The van der Waals surface area contributed by atoms with Gasteiger partial charge in [-0.25, -0.2) is 4.98 Å². The fourth-order valence-electron chi connectivity index (χ4n) is 3.66. The van der Waals surface area contributed by atoms with Crippen LogP contribution in [0.25, 0.3) is 10.2 Å². The summed E-state index contributed by atoms with van der Waals surface area (Å²) >= 11 is 3.39. The Morgan fingerprint density at radius 3 is 2.64 bits per heavy atom. The molecule has 170 valence electrons. The van der Waals surface area contributed by atoms with E-state index in [-0.39, 0.29) is 5.91 Å². The van der Waals surface area contributed by atoms with Gasteiger partial charge in [-0.2, -0.15) is 0 Å². The van der Waals surface area contributed by atoms with Crippen LogP contribution in [0.4, 0.5) is 5.13 Å². The quantitative estimate of drug-likeness (QED) is 0.189. The number of fused-ring (bicyclic) bond motifs is 1. The first-order valence-corrected chi connectivity index (χ1v) is 13.1. The first-order valence-electron chi connectivity index (χ1n) is 11.3. The van der Waals surface area contributed by atoms with E-state index in [0.717, 1.165) is 33.1 Å². The van der Waals surface area contributed by atoms with Crippen molar-refractivity contribution >= 4 is 44.4 Å². The summed E-state index contributed by atoms with van der Waals surface area (Å²) in [5, 5.41) is 0.762. The fourth-order valence-corrected chi connectivity index (χ4v) is 5.53. The van der Waals surface area contributed by atoms with Crippen molar-refractivity contribution in [3.63, 3.8) is 0 Å². The second-order valence-corrected chi connectivity index (χ2v) is 10.6. The number of rotatable bonds is 9. The lowest BCUT2D eigenvalue weighted by Crippen LogP contribution is -2.30. The minimum atomic E-state index is 0.105. The van der Waals surface area contributed by atoms with E-state index in [1.54, 1.807) is 29.3 Å². The minimum absolute atomic E-state index is 0.105. The van der Waals surface area contributed by atoms with Crippen LogP contribution in [-0.4, -0.2) is 21.6 Å². The van der Waals surface area contributed by atoms with Gasteiger partial charge in [-0.1, -0.05) is 61.1 Å². The topological polar surface area (TPSA) is 46.1 Å². The molecule has 4 rings (SSSR count). The van der Waals surface area contributed by atoms with Crippen LogP contribution < -0.4 is 4.90 Å². The average Bonchev–Trinajstić information content (AvgIpc) is 3.26. The molecule has 0 aliphatic heterocycles. The molecule has 4 aromatic rings. The molecule has 0 radical (unpaired) electrons. The number of carbonyl (C=O) groups excluding carboxylic acids is 1. The lowest BCUT2D eigenvalue weighted by Gasteiger charge is -2.20. The van der Waals surface area contributed by atoms with Gasteiger partial charge in [0.25, 0.3) is 0 Å². The minimum Gasteiger partial charge on any atom is -0.284 e. The average molecular weight is 476 g/mol. The van der Waals surface area contributed by atoms with Crippen molar-refractivity contribution in [3.8, 4) is 0 Å². The molecule has 0 atom stereocenters. The summed E-state index contributed by atoms with van der Waals surface area (Å²) < 4.78 is 1.12. The van der Waals surface area contributed by atoms with Gasteiger partial charge >= 0.3 is 0 Å². The van der Waals surface area contributed by atoms with E-state index >= 15 is 0 Å². The summed E-state index contributed by atoms with van der Waals surface area (Å²) in [5.41, 5.74) is 4.49. The molecule has 4 nitrogen and oxygen atoms in total. The molecule has 0 unspecified atom stereocenters. The van der Waals surface area contributed by atoms with Crippen LogP contribution in [0.2, 0.25) is 0 Å². The highest BCUT2D eigenvalue weighted by molar-refractivity contribution is 7.99. The van der Waals surface area contributed by atoms with E-state index in [9.17, 15) is 4.79 Å². The zero-order valence-corrected chi connectivity index (χ0v) is 21.0. The normalized spacial score (nSPS) is 11.3. The van der Waals surface area contributed by atoms with Gasteiger partial charge in [0.05, 0.1) is 16.8 Å². The van der Waals surface area contributed by atoms with Crippen LogP contribution in [0.3, 0.4) is 0 Å².